The molecule has 0 unspecified atom stereocenters. The molecule has 0 atom stereocenters. The summed E-state index contributed by atoms with van der Waals surface area (Å²) in [6.07, 6.45) is 3.05. The van der Waals surface area contributed by atoms with Crippen molar-refractivity contribution < 1.29 is 9.13 Å². The minimum atomic E-state index is -0.308. The first-order chi connectivity index (χ1) is 7.70. The number of hydrogen-bond acceptors (Lipinski definition) is 3. The third-order valence-corrected chi connectivity index (χ3v) is 2.54. The zero-order valence-corrected chi connectivity index (χ0v) is 10.0. The maximum absolute atomic E-state index is 13.5. The normalized spacial score (nSPS) is 10.2. The van der Waals surface area contributed by atoms with E-state index in [4.69, 9.17) is 4.74 Å². The van der Waals surface area contributed by atoms with E-state index >= 15 is 0 Å². The minimum Gasteiger partial charge on any atom is -0.467 e. The van der Waals surface area contributed by atoms with Crippen LogP contribution in [-0.2, 0) is 0 Å². The van der Waals surface area contributed by atoms with Crippen LogP contribution in [0.15, 0.2) is 35.1 Å². The second-order valence-corrected chi connectivity index (χ2v) is 4.00. The van der Waals surface area contributed by atoms with Crippen molar-refractivity contribution in [2.75, 3.05) is 7.11 Å². The summed E-state index contributed by atoms with van der Waals surface area (Å²) in [5, 5.41) is 0. The Bertz CT molecular complexity index is 502. The highest BCUT2D eigenvalue weighted by Gasteiger charge is 2.07. The molecule has 2 aromatic rings. The maximum atomic E-state index is 13.5. The van der Waals surface area contributed by atoms with Gasteiger partial charge in [0.2, 0.25) is 0 Å². The van der Waals surface area contributed by atoms with E-state index in [0.717, 1.165) is 4.47 Å². The van der Waals surface area contributed by atoms with Gasteiger partial charge in [-0.2, -0.15) is 0 Å². The van der Waals surface area contributed by atoms with Crippen LogP contribution in [0.3, 0.4) is 0 Å². The van der Waals surface area contributed by atoms with Crippen molar-refractivity contribution in [1.29, 1.82) is 0 Å². The van der Waals surface area contributed by atoms with Gasteiger partial charge in [0.1, 0.15) is 5.82 Å². The van der Waals surface area contributed by atoms with E-state index < -0.39 is 0 Å². The summed E-state index contributed by atoms with van der Waals surface area (Å²) in [5.74, 6) is -0.308. The van der Waals surface area contributed by atoms with Crippen LogP contribution in [-0.4, -0.2) is 17.1 Å². The van der Waals surface area contributed by atoms with E-state index in [2.05, 4.69) is 25.9 Å². The third-order valence-electron chi connectivity index (χ3n) is 2.05. The summed E-state index contributed by atoms with van der Waals surface area (Å²) in [6, 6.07) is 4.98. The molecule has 0 N–H and O–H groups in total. The van der Waals surface area contributed by atoms with E-state index in [1.54, 1.807) is 12.1 Å². The summed E-state index contributed by atoms with van der Waals surface area (Å²) < 4.78 is 19.2. The van der Waals surface area contributed by atoms with Crippen LogP contribution < -0.4 is 4.74 Å². The van der Waals surface area contributed by atoms with Crippen molar-refractivity contribution in [2.24, 2.45) is 0 Å². The number of methoxy groups -OCH3 is 1. The van der Waals surface area contributed by atoms with Crippen LogP contribution >= 0.6 is 15.9 Å². The summed E-state index contributed by atoms with van der Waals surface area (Å²) >= 11 is 3.29. The average Bonchev–Trinajstić information content (AvgIpc) is 2.32. The molecule has 2 rings (SSSR count). The van der Waals surface area contributed by atoms with Gasteiger partial charge in [-0.25, -0.2) is 14.4 Å². The number of halogens is 2. The van der Waals surface area contributed by atoms with E-state index in [1.807, 2.05) is 0 Å². The van der Waals surface area contributed by atoms with Crippen LogP contribution in [0, 0.1) is 5.82 Å². The average molecular weight is 283 g/mol. The first kappa shape index (κ1) is 11.0. The molecular formula is C11H8BrFN2O. The molecule has 0 spiro atoms. The fourth-order valence-electron chi connectivity index (χ4n) is 1.28. The van der Waals surface area contributed by atoms with Crippen LogP contribution in [0.1, 0.15) is 0 Å². The van der Waals surface area contributed by atoms with E-state index in [9.17, 15) is 4.39 Å². The first-order valence-corrected chi connectivity index (χ1v) is 5.31. The Labute approximate surface area is 100 Å². The number of ether oxygens (including phenoxy) is 1. The number of benzene rings is 1. The topological polar surface area (TPSA) is 35.0 Å². The Morgan fingerprint density at radius 1 is 1.25 bits per heavy atom. The Balaban J connectivity index is 2.45. The molecule has 0 saturated heterocycles. The van der Waals surface area contributed by atoms with Crippen molar-refractivity contribution in [3.63, 3.8) is 0 Å². The predicted molar refractivity (Wildman–Crippen MR) is 61.7 cm³/mol. The molecule has 0 aliphatic carbocycles. The van der Waals surface area contributed by atoms with Crippen LogP contribution in [0.25, 0.3) is 11.1 Å². The maximum Gasteiger partial charge on any atom is 0.316 e. The van der Waals surface area contributed by atoms with E-state index in [-0.39, 0.29) is 11.8 Å². The summed E-state index contributed by atoms with van der Waals surface area (Å²) in [7, 11) is 1.48. The van der Waals surface area contributed by atoms with Crippen LogP contribution in [0.4, 0.5) is 4.39 Å². The zero-order chi connectivity index (χ0) is 11.5. The number of aromatic nitrogens is 2. The molecule has 16 heavy (non-hydrogen) atoms. The van der Waals surface area contributed by atoms with Gasteiger partial charge in [-0.1, -0.05) is 15.9 Å². The fourth-order valence-corrected chi connectivity index (χ4v) is 1.64. The van der Waals surface area contributed by atoms with Gasteiger partial charge >= 0.3 is 6.01 Å². The van der Waals surface area contributed by atoms with Crippen molar-refractivity contribution in [3.05, 3.63) is 40.9 Å². The van der Waals surface area contributed by atoms with Gasteiger partial charge in [-0.3, -0.25) is 0 Å². The second kappa shape index (κ2) is 4.57. The Morgan fingerprint density at radius 2 is 1.94 bits per heavy atom. The Morgan fingerprint density at radius 3 is 2.56 bits per heavy atom. The quantitative estimate of drug-likeness (QED) is 0.849. The molecule has 82 valence electrons. The summed E-state index contributed by atoms with van der Waals surface area (Å²) in [5.41, 5.74) is 1.07. The predicted octanol–water partition coefficient (Wildman–Crippen LogP) is 3.05. The minimum absolute atomic E-state index is 0.263. The van der Waals surface area contributed by atoms with Gasteiger partial charge in [-0.05, 0) is 18.2 Å². The lowest BCUT2D eigenvalue weighted by Crippen LogP contribution is -1.92. The van der Waals surface area contributed by atoms with E-state index in [1.165, 1.54) is 25.6 Å². The third kappa shape index (κ3) is 2.19. The molecule has 1 aromatic heterocycles. The van der Waals surface area contributed by atoms with Crippen molar-refractivity contribution in [2.45, 2.75) is 0 Å². The summed E-state index contributed by atoms with van der Waals surface area (Å²) in [6.45, 7) is 0. The van der Waals surface area contributed by atoms with Gasteiger partial charge in [0, 0.05) is 28.0 Å². The molecule has 0 saturated carbocycles. The first-order valence-electron chi connectivity index (χ1n) is 4.52. The summed E-state index contributed by atoms with van der Waals surface area (Å²) in [4.78, 5) is 7.86. The standard InChI is InChI=1S/C11H8BrFN2O/c1-16-11-14-5-7(6-15-11)9-4-8(12)2-3-10(9)13/h2-6H,1H3. The molecule has 0 aliphatic heterocycles. The smallest absolute Gasteiger partial charge is 0.316 e. The molecule has 3 nitrogen and oxygen atoms in total. The highest BCUT2D eigenvalue weighted by molar-refractivity contribution is 9.10. The lowest BCUT2D eigenvalue weighted by atomic mass is 10.1. The zero-order valence-electron chi connectivity index (χ0n) is 8.45. The van der Waals surface area contributed by atoms with Gasteiger partial charge in [0.25, 0.3) is 0 Å². The van der Waals surface area contributed by atoms with E-state index in [0.29, 0.717) is 11.1 Å². The lowest BCUT2D eigenvalue weighted by Gasteiger charge is -2.04. The lowest BCUT2D eigenvalue weighted by molar-refractivity contribution is 0.380. The molecular weight excluding hydrogens is 275 g/mol. The Hall–Kier alpha value is -1.49. The fraction of sp³-hybridized carbons (Fsp3) is 0.0909. The molecule has 0 radical (unpaired) electrons. The van der Waals surface area contributed by atoms with Crippen molar-refractivity contribution >= 4 is 15.9 Å². The van der Waals surface area contributed by atoms with Crippen LogP contribution in [0.5, 0.6) is 6.01 Å². The monoisotopic (exact) mass is 282 g/mol. The molecule has 5 heteroatoms. The van der Waals surface area contributed by atoms with Gasteiger partial charge in [-0.15, -0.1) is 0 Å². The second-order valence-electron chi connectivity index (χ2n) is 3.08. The largest absolute Gasteiger partial charge is 0.467 e. The molecule has 0 amide bonds. The highest BCUT2D eigenvalue weighted by atomic mass is 79.9. The number of hydrogen-bond donors (Lipinski definition) is 0. The molecule has 1 heterocycles. The van der Waals surface area contributed by atoms with Gasteiger partial charge in [0.05, 0.1) is 7.11 Å². The molecule has 0 bridgehead atoms. The molecule has 0 aliphatic rings. The Kier molecular flexibility index (Phi) is 3.14. The number of nitrogens with zero attached hydrogens (tertiary/aromatic N) is 2. The SMILES string of the molecule is COc1ncc(-c2cc(Br)ccc2F)cn1. The molecule has 0 fully saturated rings. The highest BCUT2D eigenvalue weighted by Crippen LogP contribution is 2.25. The van der Waals surface area contributed by atoms with Crippen molar-refractivity contribution in [3.8, 4) is 17.1 Å². The van der Waals surface area contributed by atoms with Crippen molar-refractivity contribution in [1.82, 2.24) is 9.97 Å². The van der Waals surface area contributed by atoms with Crippen LogP contribution in [0.2, 0.25) is 0 Å². The number of rotatable bonds is 2. The van der Waals surface area contributed by atoms with Gasteiger partial charge < -0.3 is 4.74 Å². The van der Waals surface area contributed by atoms with Gasteiger partial charge in [0.15, 0.2) is 0 Å². The molecule has 1 aromatic carbocycles.